The summed E-state index contributed by atoms with van der Waals surface area (Å²) < 4.78 is 21.2. The molecule has 0 amide bonds. The number of benzene rings is 1. The lowest BCUT2D eigenvalue weighted by atomic mass is 10.1. The molecule has 1 aromatic carbocycles. The standard InChI is InChI=1S/C15H11FO2S2/c1-18-11-4-2-3-9(15(11)16)7-10(17)13-8-14-12(20-13)5-6-19-14/h2-6,8H,7H2,1H3. The smallest absolute Gasteiger partial charge is 0.177 e. The van der Waals surface area contributed by atoms with Gasteiger partial charge in [-0.3, -0.25) is 4.79 Å². The summed E-state index contributed by atoms with van der Waals surface area (Å²) in [6.45, 7) is 0. The van der Waals surface area contributed by atoms with Crippen molar-refractivity contribution in [1.29, 1.82) is 0 Å². The van der Waals surface area contributed by atoms with E-state index < -0.39 is 5.82 Å². The quantitative estimate of drug-likeness (QED) is 0.662. The number of hydrogen-bond acceptors (Lipinski definition) is 4. The molecule has 0 fully saturated rings. The summed E-state index contributed by atoms with van der Waals surface area (Å²) in [4.78, 5) is 12.9. The maximum Gasteiger partial charge on any atom is 0.177 e. The molecule has 0 aliphatic carbocycles. The maximum absolute atomic E-state index is 14.0. The average Bonchev–Trinajstić information content (AvgIpc) is 3.02. The van der Waals surface area contributed by atoms with Crippen molar-refractivity contribution in [3.63, 3.8) is 0 Å². The molecule has 0 unspecified atom stereocenters. The zero-order valence-electron chi connectivity index (χ0n) is 10.7. The molecular weight excluding hydrogens is 295 g/mol. The van der Waals surface area contributed by atoms with Crippen molar-refractivity contribution >= 4 is 37.9 Å². The van der Waals surface area contributed by atoms with Crippen LogP contribution in [0.25, 0.3) is 9.40 Å². The minimum atomic E-state index is -0.457. The number of rotatable bonds is 4. The summed E-state index contributed by atoms with van der Waals surface area (Å²) in [7, 11) is 1.41. The van der Waals surface area contributed by atoms with Gasteiger partial charge in [0.05, 0.1) is 12.0 Å². The SMILES string of the molecule is COc1cccc(CC(=O)c2cc3sccc3s2)c1F. The van der Waals surface area contributed by atoms with E-state index in [4.69, 9.17) is 4.74 Å². The highest BCUT2D eigenvalue weighted by molar-refractivity contribution is 7.27. The number of Topliss-reactive ketones (excluding diaryl/α,β-unsaturated/α-hetero) is 1. The van der Waals surface area contributed by atoms with Gasteiger partial charge in [-0.25, -0.2) is 4.39 Å². The van der Waals surface area contributed by atoms with Crippen LogP contribution in [0.15, 0.2) is 35.7 Å². The van der Waals surface area contributed by atoms with Crippen LogP contribution < -0.4 is 4.74 Å². The van der Waals surface area contributed by atoms with Crippen molar-refractivity contribution in [2.45, 2.75) is 6.42 Å². The van der Waals surface area contributed by atoms with Crippen LogP contribution in [-0.4, -0.2) is 12.9 Å². The Bertz CT molecular complexity index is 745. The Hall–Kier alpha value is -1.72. The zero-order chi connectivity index (χ0) is 14.1. The molecule has 5 heteroatoms. The van der Waals surface area contributed by atoms with E-state index in [0.717, 1.165) is 9.40 Å². The number of ketones is 1. The van der Waals surface area contributed by atoms with Crippen LogP contribution in [0.2, 0.25) is 0 Å². The Morgan fingerprint density at radius 3 is 2.90 bits per heavy atom. The zero-order valence-corrected chi connectivity index (χ0v) is 12.3. The van der Waals surface area contributed by atoms with Gasteiger partial charge in [0.2, 0.25) is 0 Å². The molecule has 3 rings (SSSR count). The van der Waals surface area contributed by atoms with Gasteiger partial charge < -0.3 is 4.74 Å². The second-order valence-corrected chi connectivity index (χ2v) is 6.32. The van der Waals surface area contributed by atoms with Gasteiger partial charge in [-0.2, -0.15) is 0 Å². The number of hydrogen-bond donors (Lipinski definition) is 0. The number of halogens is 1. The van der Waals surface area contributed by atoms with Crippen LogP contribution in [-0.2, 0) is 6.42 Å². The van der Waals surface area contributed by atoms with Gasteiger partial charge >= 0.3 is 0 Å². The molecular formula is C15H11FO2S2. The lowest BCUT2D eigenvalue weighted by molar-refractivity contribution is 0.0995. The van der Waals surface area contributed by atoms with E-state index in [1.807, 2.05) is 17.5 Å². The first-order valence-electron chi connectivity index (χ1n) is 6.00. The largest absolute Gasteiger partial charge is 0.494 e. The third kappa shape index (κ3) is 2.34. The maximum atomic E-state index is 14.0. The molecule has 0 saturated carbocycles. The third-order valence-electron chi connectivity index (χ3n) is 3.03. The van der Waals surface area contributed by atoms with E-state index in [2.05, 4.69) is 0 Å². The first kappa shape index (κ1) is 13.3. The molecule has 0 radical (unpaired) electrons. The molecule has 0 spiro atoms. The first-order chi connectivity index (χ1) is 9.69. The molecule has 2 aromatic heterocycles. The third-order valence-corrected chi connectivity index (χ3v) is 5.16. The van der Waals surface area contributed by atoms with Gasteiger partial charge in [-0.1, -0.05) is 12.1 Å². The van der Waals surface area contributed by atoms with Gasteiger partial charge in [0, 0.05) is 15.8 Å². The predicted octanol–water partition coefficient (Wildman–Crippen LogP) is 4.54. The Morgan fingerprint density at radius 1 is 1.30 bits per heavy atom. The highest BCUT2D eigenvalue weighted by Crippen LogP contribution is 2.31. The molecule has 0 bridgehead atoms. The minimum absolute atomic E-state index is 0.0524. The van der Waals surface area contributed by atoms with Gasteiger partial charge in [-0.05, 0) is 29.1 Å². The average molecular weight is 306 g/mol. The number of thiophene rings is 2. The van der Waals surface area contributed by atoms with Gasteiger partial charge in [0.25, 0.3) is 0 Å². The summed E-state index contributed by atoms with van der Waals surface area (Å²) in [6, 6.07) is 8.73. The Morgan fingerprint density at radius 2 is 2.15 bits per heavy atom. The van der Waals surface area contributed by atoms with Gasteiger partial charge in [-0.15, -0.1) is 22.7 Å². The van der Waals surface area contributed by atoms with E-state index in [9.17, 15) is 9.18 Å². The lowest BCUT2D eigenvalue weighted by Crippen LogP contribution is -2.04. The summed E-state index contributed by atoms with van der Waals surface area (Å²) in [6.07, 6.45) is 0.0524. The van der Waals surface area contributed by atoms with Crippen LogP contribution >= 0.6 is 22.7 Å². The molecule has 0 N–H and O–H groups in total. The monoisotopic (exact) mass is 306 g/mol. The van der Waals surface area contributed by atoms with Crippen molar-refractivity contribution in [3.8, 4) is 5.75 Å². The van der Waals surface area contributed by atoms with E-state index in [1.165, 1.54) is 18.4 Å². The Balaban J connectivity index is 1.87. The number of fused-ring (bicyclic) bond motifs is 1. The van der Waals surface area contributed by atoms with E-state index in [0.29, 0.717) is 10.4 Å². The summed E-state index contributed by atoms with van der Waals surface area (Å²) in [5.41, 5.74) is 0.367. The number of carbonyl (C=O) groups excluding carboxylic acids is 1. The van der Waals surface area contributed by atoms with Crippen molar-refractivity contribution in [2.24, 2.45) is 0 Å². The van der Waals surface area contributed by atoms with Crippen molar-refractivity contribution < 1.29 is 13.9 Å². The second kappa shape index (κ2) is 5.34. The van der Waals surface area contributed by atoms with Crippen LogP contribution in [0.1, 0.15) is 15.2 Å². The molecule has 0 atom stereocenters. The highest BCUT2D eigenvalue weighted by Gasteiger charge is 2.15. The number of carbonyl (C=O) groups is 1. The molecule has 2 heterocycles. The molecule has 0 aliphatic rings. The van der Waals surface area contributed by atoms with Gasteiger partial charge in [0.15, 0.2) is 17.3 Å². The van der Waals surface area contributed by atoms with Crippen molar-refractivity contribution in [1.82, 2.24) is 0 Å². The summed E-state index contributed by atoms with van der Waals surface area (Å²) in [5, 5.41) is 2.00. The molecule has 2 nitrogen and oxygen atoms in total. The first-order valence-corrected chi connectivity index (χ1v) is 7.70. The van der Waals surface area contributed by atoms with Crippen LogP contribution in [0.3, 0.4) is 0 Å². The fourth-order valence-corrected chi connectivity index (χ4v) is 4.06. The highest BCUT2D eigenvalue weighted by atomic mass is 32.1. The van der Waals surface area contributed by atoms with Crippen LogP contribution in [0.5, 0.6) is 5.75 Å². The Labute approximate surface area is 123 Å². The molecule has 102 valence electrons. The molecule has 0 aliphatic heterocycles. The fraction of sp³-hybridized carbons (Fsp3) is 0.133. The van der Waals surface area contributed by atoms with E-state index in [1.54, 1.807) is 29.5 Å². The number of methoxy groups -OCH3 is 1. The number of ether oxygens (including phenoxy) is 1. The predicted molar refractivity (Wildman–Crippen MR) is 80.7 cm³/mol. The second-order valence-electron chi connectivity index (χ2n) is 4.29. The Kier molecular flexibility index (Phi) is 3.54. The molecule has 20 heavy (non-hydrogen) atoms. The minimum Gasteiger partial charge on any atom is -0.494 e. The van der Waals surface area contributed by atoms with Gasteiger partial charge in [0.1, 0.15) is 0 Å². The molecule has 3 aromatic rings. The molecule has 0 saturated heterocycles. The topological polar surface area (TPSA) is 26.3 Å². The lowest BCUT2D eigenvalue weighted by Gasteiger charge is -2.06. The van der Waals surface area contributed by atoms with Crippen LogP contribution in [0, 0.1) is 5.82 Å². The summed E-state index contributed by atoms with van der Waals surface area (Å²) in [5.74, 6) is -0.352. The fourth-order valence-electron chi connectivity index (χ4n) is 2.01. The van der Waals surface area contributed by atoms with Crippen LogP contribution in [0.4, 0.5) is 4.39 Å². The van der Waals surface area contributed by atoms with Crippen molar-refractivity contribution in [3.05, 3.63) is 52.0 Å². The van der Waals surface area contributed by atoms with Crippen molar-refractivity contribution in [2.75, 3.05) is 7.11 Å². The normalized spacial score (nSPS) is 10.9. The summed E-state index contributed by atoms with van der Waals surface area (Å²) >= 11 is 3.06. The van der Waals surface area contributed by atoms with E-state index >= 15 is 0 Å². The van der Waals surface area contributed by atoms with E-state index in [-0.39, 0.29) is 18.0 Å².